The zero-order valence-corrected chi connectivity index (χ0v) is 5.75. The van der Waals surface area contributed by atoms with Crippen LogP contribution in [0.3, 0.4) is 0 Å². The van der Waals surface area contributed by atoms with Gasteiger partial charge in [-0.2, -0.15) is 0 Å². The molecule has 0 aliphatic rings. The van der Waals surface area contributed by atoms with Crippen molar-refractivity contribution in [1.29, 1.82) is 0 Å². The van der Waals surface area contributed by atoms with Crippen molar-refractivity contribution in [1.82, 2.24) is 0 Å². The molecule has 0 radical (unpaired) electrons. The summed E-state index contributed by atoms with van der Waals surface area (Å²) in [5.41, 5.74) is 5.66. The minimum atomic E-state index is -0.482. The van der Waals surface area contributed by atoms with Crippen molar-refractivity contribution >= 4 is 5.69 Å². The van der Waals surface area contributed by atoms with E-state index in [0.29, 0.717) is 5.56 Å². The molecule has 0 atom stereocenters. The second kappa shape index (κ2) is 3.21. The van der Waals surface area contributed by atoms with Gasteiger partial charge in [-0.3, -0.25) is 0 Å². The topological polar surface area (TPSA) is 55.4 Å². The van der Waals surface area contributed by atoms with Crippen molar-refractivity contribution in [3.8, 4) is 0 Å². The number of rotatable bonds is 2. The van der Waals surface area contributed by atoms with Gasteiger partial charge >= 0.3 is 0 Å². The number of nitroso groups, excluding NO2 is 1. The molecule has 0 saturated carbocycles. The first kappa shape index (κ1) is 7.81. The van der Waals surface area contributed by atoms with Gasteiger partial charge in [-0.1, -0.05) is 6.07 Å². The van der Waals surface area contributed by atoms with Gasteiger partial charge in [-0.05, 0) is 11.2 Å². The van der Waals surface area contributed by atoms with E-state index in [1.54, 1.807) is 0 Å². The van der Waals surface area contributed by atoms with Gasteiger partial charge in [0.15, 0.2) is 0 Å². The molecular formula is C7H7FN2O. The summed E-state index contributed by atoms with van der Waals surface area (Å²) in [5.74, 6) is -0.482. The first-order chi connectivity index (χ1) is 5.27. The van der Waals surface area contributed by atoms with Crippen LogP contribution < -0.4 is 5.73 Å². The highest BCUT2D eigenvalue weighted by Gasteiger charge is 2.00. The van der Waals surface area contributed by atoms with E-state index in [0.717, 1.165) is 6.07 Å². The summed E-state index contributed by atoms with van der Waals surface area (Å²) in [4.78, 5) is 9.91. The molecule has 0 fully saturated rings. The van der Waals surface area contributed by atoms with Crippen molar-refractivity contribution in [2.24, 2.45) is 10.9 Å². The summed E-state index contributed by atoms with van der Waals surface area (Å²) in [6.07, 6.45) is 0. The summed E-state index contributed by atoms with van der Waals surface area (Å²) < 4.78 is 12.8. The average molecular weight is 154 g/mol. The van der Waals surface area contributed by atoms with Crippen LogP contribution in [0.4, 0.5) is 10.1 Å². The van der Waals surface area contributed by atoms with Crippen LogP contribution in [0.15, 0.2) is 23.4 Å². The molecule has 11 heavy (non-hydrogen) atoms. The first-order valence-electron chi connectivity index (χ1n) is 3.09. The first-order valence-corrected chi connectivity index (χ1v) is 3.09. The van der Waals surface area contributed by atoms with E-state index in [2.05, 4.69) is 5.18 Å². The molecule has 1 rings (SSSR count). The Kier molecular flexibility index (Phi) is 2.28. The van der Waals surface area contributed by atoms with E-state index in [1.165, 1.54) is 12.1 Å². The van der Waals surface area contributed by atoms with Crippen LogP contribution in [-0.4, -0.2) is 0 Å². The van der Waals surface area contributed by atoms with Gasteiger partial charge in [0.1, 0.15) is 11.5 Å². The number of nitrogens with two attached hydrogens (primary N) is 1. The summed E-state index contributed by atoms with van der Waals surface area (Å²) in [6.45, 7) is 0.130. The Morgan fingerprint density at radius 2 is 2.27 bits per heavy atom. The van der Waals surface area contributed by atoms with Gasteiger partial charge in [-0.25, -0.2) is 4.39 Å². The Hall–Kier alpha value is -1.29. The van der Waals surface area contributed by atoms with Crippen molar-refractivity contribution in [3.63, 3.8) is 0 Å². The molecule has 0 heterocycles. The Morgan fingerprint density at radius 3 is 2.73 bits per heavy atom. The molecule has 3 nitrogen and oxygen atoms in total. The molecule has 0 amide bonds. The highest BCUT2D eigenvalue weighted by atomic mass is 19.1. The van der Waals surface area contributed by atoms with E-state index in [1.807, 2.05) is 0 Å². The van der Waals surface area contributed by atoms with Crippen LogP contribution in [0, 0.1) is 10.7 Å². The molecular weight excluding hydrogens is 147 g/mol. The van der Waals surface area contributed by atoms with Crippen molar-refractivity contribution in [2.75, 3.05) is 0 Å². The minimum absolute atomic E-state index is 0.0831. The van der Waals surface area contributed by atoms with E-state index in [9.17, 15) is 9.30 Å². The SMILES string of the molecule is NCc1ccc(N=O)cc1F. The van der Waals surface area contributed by atoms with Gasteiger partial charge in [0.2, 0.25) is 0 Å². The fraction of sp³-hybridized carbons (Fsp3) is 0.143. The Balaban J connectivity index is 3.09. The summed E-state index contributed by atoms with van der Waals surface area (Å²) in [7, 11) is 0. The maximum absolute atomic E-state index is 12.8. The third kappa shape index (κ3) is 1.59. The van der Waals surface area contributed by atoms with Crippen LogP contribution in [0.25, 0.3) is 0 Å². The number of halogens is 1. The van der Waals surface area contributed by atoms with Crippen molar-refractivity contribution in [2.45, 2.75) is 6.54 Å². The van der Waals surface area contributed by atoms with Gasteiger partial charge in [0.05, 0.1) is 0 Å². The summed E-state index contributed by atoms with van der Waals surface area (Å²) in [6, 6.07) is 3.94. The molecule has 1 aromatic rings. The molecule has 0 unspecified atom stereocenters. The second-order valence-electron chi connectivity index (χ2n) is 2.07. The standard InChI is InChI=1S/C7H7FN2O/c8-7-3-6(10-11)2-1-5(7)4-9/h1-3H,4,9H2. The zero-order chi connectivity index (χ0) is 8.27. The number of benzene rings is 1. The van der Waals surface area contributed by atoms with E-state index >= 15 is 0 Å². The normalized spacial score (nSPS) is 9.64. The van der Waals surface area contributed by atoms with Crippen LogP contribution in [-0.2, 0) is 6.54 Å². The highest BCUT2D eigenvalue weighted by molar-refractivity contribution is 5.39. The largest absolute Gasteiger partial charge is 0.326 e. The maximum atomic E-state index is 12.8. The van der Waals surface area contributed by atoms with Crippen LogP contribution in [0.2, 0.25) is 0 Å². The predicted molar refractivity (Wildman–Crippen MR) is 39.7 cm³/mol. The van der Waals surface area contributed by atoms with Gasteiger partial charge in [-0.15, -0.1) is 4.91 Å². The molecule has 0 aromatic heterocycles. The fourth-order valence-corrected chi connectivity index (χ4v) is 0.759. The average Bonchev–Trinajstić information content (AvgIpc) is 2.04. The molecule has 2 N–H and O–H groups in total. The quantitative estimate of drug-likeness (QED) is 0.659. The third-order valence-electron chi connectivity index (χ3n) is 1.36. The Morgan fingerprint density at radius 1 is 1.55 bits per heavy atom. The molecule has 0 aliphatic carbocycles. The molecule has 4 heteroatoms. The molecule has 0 aliphatic heterocycles. The smallest absolute Gasteiger partial charge is 0.129 e. The van der Waals surface area contributed by atoms with E-state index < -0.39 is 5.82 Å². The Labute approximate surface area is 63.0 Å². The van der Waals surface area contributed by atoms with E-state index in [4.69, 9.17) is 5.73 Å². The lowest BCUT2D eigenvalue weighted by molar-refractivity contribution is 0.611. The number of hydrogen-bond acceptors (Lipinski definition) is 3. The van der Waals surface area contributed by atoms with Gasteiger partial charge < -0.3 is 5.73 Å². The van der Waals surface area contributed by atoms with E-state index in [-0.39, 0.29) is 12.2 Å². The van der Waals surface area contributed by atoms with Crippen LogP contribution >= 0.6 is 0 Å². The minimum Gasteiger partial charge on any atom is -0.326 e. The fourth-order valence-electron chi connectivity index (χ4n) is 0.759. The second-order valence-corrected chi connectivity index (χ2v) is 2.07. The zero-order valence-electron chi connectivity index (χ0n) is 5.75. The lowest BCUT2D eigenvalue weighted by Gasteiger charge is -1.97. The van der Waals surface area contributed by atoms with Crippen molar-refractivity contribution < 1.29 is 4.39 Å². The summed E-state index contributed by atoms with van der Waals surface area (Å²) >= 11 is 0. The monoisotopic (exact) mass is 154 g/mol. The molecule has 0 spiro atoms. The predicted octanol–water partition coefficient (Wildman–Crippen LogP) is 1.68. The van der Waals surface area contributed by atoms with Gasteiger partial charge in [0.25, 0.3) is 0 Å². The summed E-state index contributed by atoms with van der Waals surface area (Å²) in [5, 5.41) is 2.58. The van der Waals surface area contributed by atoms with Crippen LogP contribution in [0.5, 0.6) is 0 Å². The molecule has 1 aromatic carbocycles. The number of nitrogens with zero attached hydrogens (tertiary/aromatic N) is 1. The maximum Gasteiger partial charge on any atom is 0.129 e. The van der Waals surface area contributed by atoms with Crippen molar-refractivity contribution in [3.05, 3.63) is 34.5 Å². The molecule has 0 bridgehead atoms. The third-order valence-corrected chi connectivity index (χ3v) is 1.36. The molecule has 0 saturated heterocycles. The number of hydrogen-bond donors (Lipinski definition) is 1. The van der Waals surface area contributed by atoms with Gasteiger partial charge in [0, 0.05) is 18.2 Å². The lowest BCUT2D eigenvalue weighted by Crippen LogP contribution is -1.98. The molecule has 58 valence electrons. The van der Waals surface area contributed by atoms with Crippen LogP contribution in [0.1, 0.15) is 5.56 Å². The highest BCUT2D eigenvalue weighted by Crippen LogP contribution is 2.15. The lowest BCUT2D eigenvalue weighted by atomic mass is 10.2. The Bertz CT molecular complexity index is 275.